The predicted octanol–water partition coefficient (Wildman–Crippen LogP) is 7.57. The van der Waals surface area contributed by atoms with Crippen molar-refractivity contribution in [3.05, 3.63) is 81.4 Å². The van der Waals surface area contributed by atoms with Crippen molar-refractivity contribution in [3.63, 3.8) is 0 Å². The van der Waals surface area contributed by atoms with E-state index < -0.39 is 0 Å². The van der Waals surface area contributed by atoms with Gasteiger partial charge in [-0.25, -0.2) is 5.57 Å². The van der Waals surface area contributed by atoms with Gasteiger partial charge in [-0.2, -0.15) is 33.4 Å². The minimum atomic E-state index is 0. The summed E-state index contributed by atoms with van der Waals surface area (Å²) in [6.45, 7) is 17.8. The Hall–Kier alpha value is -1.34. The van der Waals surface area contributed by atoms with Crippen LogP contribution < -0.4 is 0 Å². The van der Waals surface area contributed by atoms with Gasteiger partial charge in [0.15, 0.2) is 0 Å². The normalized spacial score (nSPS) is 12.8. The van der Waals surface area contributed by atoms with Gasteiger partial charge in [0, 0.05) is 25.8 Å². The molecule has 3 aromatic rings. The van der Waals surface area contributed by atoms with Crippen LogP contribution in [0.4, 0.5) is 0 Å². The molecule has 4 rings (SSSR count). The number of fused-ring (bicyclic) bond motifs is 2. The molecular weight excluding hydrogens is 503 g/mol. The van der Waals surface area contributed by atoms with Crippen molar-refractivity contribution in [3.8, 4) is 0 Å². The number of hydrogen-bond donors (Lipinski definition) is 0. The van der Waals surface area contributed by atoms with Crippen LogP contribution in [0, 0.1) is 46.1 Å². The fourth-order valence-electron chi connectivity index (χ4n) is 4.02. The van der Waals surface area contributed by atoms with E-state index in [0.717, 1.165) is 6.42 Å². The molecule has 0 nitrogen and oxygen atoms in total. The van der Waals surface area contributed by atoms with Gasteiger partial charge < -0.3 is 0 Å². The molecule has 0 fully saturated rings. The third-order valence-corrected chi connectivity index (χ3v) is 6.26. The van der Waals surface area contributed by atoms with Crippen molar-refractivity contribution in [1.82, 2.24) is 0 Å². The molecule has 0 aliphatic heterocycles. The van der Waals surface area contributed by atoms with Crippen LogP contribution in [0.3, 0.4) is 0 Å². The maximum atomic E-state index is 3.55. The third-order valence-electron chi connectivity index (χ3n) is 6.26. The Morgan fingerprint density at radius 3 is 1.79 bits per heavy atom. The summed E-state index contributed by atoms with van der Waals surface area (Å²) in [5, 5.41) is 2.67. The SMILES string of the molecule is CC(C)(C)C1=[C-]Cc2cc3ccccc3cc21.Cc1c(C)c(C)[c-](C)c1C.[Hf]. The van der Waals surface area contributed by atoms with E-state index in [1.807, 2.05) is 0 Å². The van der Waals surface area contributed by atoms with E-state index in [-0.39, 0.29) is 31.3 Å². The monoisotopic (exact) mass is 536 g/mol. The van der Waals surface area contributed by atoms with E-state index >= 15 is 0 Å². The average molecular weight is 535 g/mol. The molecule has 0 bridgehead atoms. The smallest absolute Gasteiger partial charge is 0 e. The molecule has 1 aliphatic carbocycles. The van der Waals surface area contributed by atoms with Crippen molar-refractivity contribution in [2.75, 3.05) is 0 Å². The zero-order valence-corrected chi connectivity index (χ0v) is 22.3. The number of rotatable bonds is 0. The van der Waals surface area contributed by atoms with Crippen LogP contribution in [-0.4, -0.2) is 0 Å². The Bertz CT molecular complexity index is 942. The standard InChI is InChI=1S/C17H17.C10H15.Hf/c1-17(2,3)16-9-8-14-10-12-6-4-5-7-13(12)11-15(14)16;1-6-7(2)9(4)10(5)8(6)3;/h4-7,10-11H,8H2,1-3H3;1-5H3;/q2*-1;. The fourth-order valence-corrected chi connectivity index (χ4v) is 4.02. The predicted molar refractivity (Wildman–Crippen MR) is 119 cm³/mol. The van der Waals surface area contributed by atoms with Crippen LogP contribution in [0.1, 0.15) is 59.7 Å². The van der Waals surface area contributed by atoms with Crippen LogP contribution in [-0.2, 0) is 32.3 Å². The second-order valence-corrected chi connectivity index (χ2v) is 8.96. The molecule has 0 radical (unpaired) electrons. The molecule has 0 saturated carbocycles. The Morgan fingerprint density at radius 1 is 0.857 bits per heavy atom. The Kier molecular flexibility index (Phi) is 7.03. The first-order chi connectivity index (χ1) is 12.6. The molecule has 0 heterocycles. The summed E-state index contributed by atoms with van der Waals surface area (Å²) in [5.74, 6) is 0. The van der Waals surface area contributed by atoms with E-state index in [4.69, 9.17) is 0 Å². The Labute approximate surface area is 190 Å². The third kappa shape index (κ3) is 4.30. The molecule has 1 aliphatic rings. The molecule has 0 aromatic heterocycles. The van der Waals surface area contributed by atoms with E-state index in [9.17, 15) is 0 Å². The molecule has 3 aromatic carbocycles. The van der Waals surface area contributed by atoms with Crippen LogP contribution >= 0.6 is 0 Å². The first-order valence-corrected chi connectivity index (χ1v) is 9.94. The molecule has 0 spiro atoms. The second-order valence-electron chi connectivity index (χ2n) is 8.96. The summed E-state index contributed by atoms with van der Waals surface area (Å²) in [6.07, 6.45) is 4.52. The van der Waals surface area contributed by atoms with Gasteiger partial charge in [0.2, 0.25) is 0 Å². The Morgan fingerprint density at radius 2 is 1.36 bits per heavy atom. The van der Waals surface area contributed by atoms with Crippen molar-refractivity contribution in [2.24, 2.45) is 5.41 Å². The summed E-state index contributed by atoms with van der Waals surface area (Å²) < 4.78 is 0. The molecule has 1 heteroatoms. The maximum absolute atomic E-state index is 3.55. The summed E-state index contributed by atoms with van der Waals surface area (Å²) in [6, 6.07) is 13.2. The molecule has 0 saturated heterocycles. The molecule has 0 N–H and O–H groups in total. The molecule has 0 unspecified atom stereocenters. The number of hydrogen-bond acceptors (Lipinski definition) is 0. The fraction of sp³-hybridized carbons (Fsp3) is 0.370. The molecule has 146 valence electrons. The van der Waals surface area contributed by atoms with E-state index in [1.165, 1.54) is 55.3 Å². The number of allylic oxidation sites excluding steroid dienone is 2. The van der Waals surface area contributed by atoms with Crippen molar-refractivity contribution < 1.29 is 25.8 Å². The summed E-state index contributed by atoms with van der Waals surface area (Å²) in [4.78, 5) is 0. The Balaban J connectivity index is 0.000000221. The maximum Gasteiger partial charge on any atom is 0 e. The average Bonchev–Trinajstić information content (AvgIpc) is 3.12. The van der Waals surface area contributed by atoms with E-state index in [0.29, 0.717) is 0 Å². The number of benzene rings is 2. The van der Waals surface area contributed by atoms with E-state index in [1.54, 1.807) is 0 Å². The van der Waals surface area contributed by atoms with Crippen molar-refractivity contribution >= 4 is 16.3 Å². The first-order valence-electron chi connectivity index (χ1n) is 9.94. The summed E-state index contributed by atoms with van der Waals surface area (Å²) in [5.41, 5.74) is 11.7. The summed E-state index contributed by atoms with van der Waals surface area (Å²) >= 11 is 0. The van der Waals surface area contributed by atoms with Crippen LogP contribution in [0.2, 0.25) is 0 Å². The minimum absolute atomic E-state index is 0. The van der Waals surface area contributed by atoms with Crippen molar-refractivity contribution in [1.29, 1.82) is 0 Å². The van der Waals surface area contributed by atoms with Crippen LogP contribution in [0.15, 0.2) is 36.4 Å². The van der Waals surface area contributed by atoms with Gasteiger partial charge in [0.25, 0.3) is 0 Å². The van der Waals surface area contributed by atoms with Gasteiger partial charge in [0.1, 0.15) is 0 Å². The van der Waals surface area contributed by atoms with Crippen LogP contribution in [0.5, 0.6) is 0 Å². The molecule has 0 atom stereocenters. The second kappa shape index (κ2) is 8.57. The molecular formula is C27H32Hf-2. The van der Waals surface area contributed by atoms with Crippen molar-refractivity contribution in [2.45, 2.75) is 61.8 Å². The van der Waals surface area contributed by atoms with Gasteiger partial charge >= 0.3 is 0 Å². The van der Waals surface area contributed by atoms with Gasteiger partial charge in [-0.05, 0) is 16.2 Å². The topological polar surface area (TPSA) is 0 Å². The molecule has 0 amide bonds. The largest absolute Gasteiger partial charge is 0.268 e. The van der Waals surface area contributed by atoms with Crippen LogP contribution in [0.25, 0.3) is 16.3 Å². The zero-order chi connectivity index (χ0) is 19.9. The minimum Gasteiger partial charge on any atom is -0.268 e. The zero-order valence-electron chi connectivity index (χ0n) is 18.7. The van der Waals surface area contributed by atoms with E-state index in [2.05, 4.69) is 97.9 Å². The van der Waals surface area contributed by atoms with Gasteiger partial charge in [0.05, 0.1) is 0 Å². The van der Waals surface area contributed by atoms with Gasteiger partial charge in [-0.1, -0.05) is 85.7 Å². The quantitative estimate of drug-likeness (QED) is 0.206. The van der Waals surface area contributed by atoms with Gasteiger partial charge in [-0.15, -0.1) is 18.1 Å². The van der Waals surface area contributed by atoms with Gasteiger partial charge in [-0.3, -0.25) is 6.08 Å². The molecule has 28 heavy (non-hydrogen) atoms. The first kappa shape index (κ1) is 22.9. The summed E-state index contributed by atoms with van der Waals surface area (Å²) in [7, 11) is 0.